The molecule has 2 rings (SSSR count). The van der Waals surface area contributed by atoms with Crippen LogP contribution in [0.4, 0.5) is 0 Å². The molecule has 0 amide bonds. The first-order valence-electron chi connectivity index (χ1n) is 5.50. The predicted octanol–water partition coefficient (Wildman–Crippen LogP) is 0.733. The van der Waals surface area contributed by atoms with Crippen LogP contribution in [0, 0.1) is 6.92 Å². The highest BCUT2D eigenvalue weighted by molar-refractivity contribution is 5.15. The summed E-state index contributed by atoms with van der Waals surface area (Å²) in [5.41, 5.74) is 2.28. The Morgan fingerprint density at radius 2 is 2.33 bits per heavy atom. The monoisotopic (exact) mass is 209 g/mol. The van der Waals surface area contributed by atoms with Gasteiger partial charge in [0, 0.05) is 30.9 Å². The molecule has 84 valence electrons. The van der Waals surface area contributed by atoms with Gasteiger partial charge in [0.15, 0.2) is 0 Å². The van der Waals surface area contributed by atoms with Crippen molar-refractivity contribution >= 4 is 0 Å². The summed E-state index contributed by atoms with van der Waals surface area (Å²) in [5.74, 6) is 0. The minimum Gasteiger partial charge on any atom is -0.394 e. The maximum absolute atomic E-state index is 9.31. The van der Waals surface area contributed by atoms with E-state index in [0.29, 0.717) is 0 Å². The van der Waals surface area contributed by atoms with Crippen molar-refractivity contribution in [3.8, 4) is 0 Å². The Bertz CT molecular complexity index is 336. The topological polar surface area (TPSA) is 50.1 Å². The molecule has 0 spiro atoms. The standard InChI is InChI=1S/C11H19N3O/c1-9-10(7-14(2)13-9)6-12-11(8-15)4-3-5-11/h7,12,15H,3-6,8H2,1-2H3. The van der Waals surface area contributed by atoms with Crippen molar-refractivity contribution in [2.45, 2.75) is 38.3 Å². The van der Waals surface area contributed by atoms with E-state index in [0.717, 1.165) is 25.1 Å². The Morgan fingerprint density at radius 1 is 1.60 bits per heavy atom. The summed E-state index contributed by atoms with van der Waals surface area (Å²) in [6, 6.07) is 0. The number of hydrogen-bond acceptors (Lipinski definition) is 3. The van der Waals surface area contributed by atoms with Crippen LogP contribution >= 0.6 is 0 Å². The van der Waals surface area contributed by atoms with Gasteiger partial charge in [-0.1, -0.05) is 0 Å². The number of nitrogens with one attached hydrogen (secondary N) is 1. The lowest BCUT2D eigenvalue weighted by molar-refractivity contribution is 0.0871. The molecule has 1 fully saturated rings. The quantitative estimate of drug-likeness (QED) is 0.768. The van der Waals surface area contributed by atoms with Crippen molar-refractivity contribution in [1.82, 2.24) is 15.1 Å². The van der Waals surface area contributed by atoms with Crippen molar-refractivity contribution in [2.24, 2.45) is 7.05 Å². The van der Waals surface area contributed by atoms with Crippen LogP contribution in [0.25, 0.3) is 0 Å². The predicted molar refractivity (Wildman–Crippen MR) is 58.5 cm³/mol. The zero-order valence-electron chi connectivity index (χ0n) is 9.45. The fourth-order valence-electron chi connectivity index (χ4n) is 2.10. The molecule has 1 aromatic rings. The van der Waals surface area contributed by atoms with Crippen molar-refractivity contribution in [3.63, 3.8) is 0 Å². The summed E-state index contributed by atoms with van der Waals surface area (Å²) in [6.45, 7) is 3.07. The number of aliphatic hydroxyl groups excluding tert-OH is 1. The summed E-state index contributed by atoms with van der Waals surface area (Å²) in [6.07, 6.45) is 5.43. The first kappa shape index (κ1) is 10.6. The largest absolute Gasteiger partial charge is 0.394 e. The molecule has 4 heteroatoms. The zero-order valence-corrected chi connectivity index (χ0v) is 9.45. The average Bonchev–Trinajstić information content (AvgIpc) is 2.44. The van der Waals surface area contributed by atoms with Gasteiger partial charge in [0.05, 0.1) is 12.3 Å². The second-order valence-corrected chi connectivity index (χ2v) is 4.56. The Morgan fingerprint density at radius 3 is 2.73 bits per heavy atom. The van der Waals surface area contributed by atoms with Crippen molar-refractivity contribution in [1.29, 1.82) is 0 Å². The van der Waals surface area contributed by atoms with E-state index < -0.39 is 0 Å². The molecule has 1 aliphatic rings. The molecule has 0 atom stereocenters. The lowest BCUT2D eigenvalue weighted by Gasteiger charge is -2.41. The van der Waals surface area contributed by atoms with E-state index in [1.54, 1.807) is 0 Å². The van der Waals surface area contributed by atoms with Gasteiger partial charge in [-0.25, -0.2) is 0 Å². The molecule has 0 bridgehead atoms. The maximum Gasteiger partial charge on any atom is 0.0638 e. The first-order valence-corrected chi connectivity index (χ1v) is 5.50. The Hall–Kier alpha value is -0.870. The smallest absolute Gasteiger partial charge is 0.0638 e. The molecular weight excluding hydrogens is 190 g/mol. The molecule has 4 nitrogen and oxygen atoms in total. The van der Waals surface area contributed by atoms with E-state index in [1.807, 2.05) is 24.9 Å². The van der Waals surface area contributed by atoms with Gasteiger partial charge in [-0.15, -0.1) is 0 Å². The number of rotatable bonds is 4. The van der Waals surface area contributed by atoms with Crippen LogP contribution in [0.1, 0.15) is 30.5 Å². The van der Waals surface area contributed by atoms with Crippen LogP contribution in [-0.2, 0) is 13.6 Å². The molecule has 0 aromatic carbocycles. The van der Waals surface area contributed by atoms with E-state index in [-0.39, 0.29) is 12.1 Å². The van der Waals surface area contributed by atoms with E-state index in [4.69, 9.17) is 0 Å². The third-order valence-corrected chi connectivity index (χ3v) is 3.38. The van der Waals surface area contributed by atoms with Crippen LogP contribution in [0.5, 0.6) is 0 Å². The molecule has 1 aliphatic carbocycles. The Balaban J connectivity index is 1.95. The first-order chi connectivity index (χ1) is 7.15. The fourth-order valence-corrected chi connectivity index (χ4v) is 2.10. The Labute approximate surface area is 90.3 Å². The normalized spacial score (nSPS) is 18.9. The lowest BCUT2D eigenvalue weighted by Crippen LogP contribution is -2.53. The second-order valence-electron chi connectivity index (χ2n) is 4.56. The number of aryl methyl sites for hydroxylation is 2. The third-order valence-electron chi connectivity index (χ3n) is 3.38. The van der Waals surface area contributed by atoms with Crippen molar-refractivity contribution in [2.75, 3.05) is 6.61 Å². The van der Waals surface area contributed by atoms with E-state index in [1.165, 1.54) is 12.0 Å². The van der Waals surface area contributed by atoms with E-state index in [2.05, 4.69) is 10.4 Å². The molecule has 0 aliphatic heterocycles. The van der Waals surface area contributed by atoms with Gasteiger partial charge in [0.25, 0.3) is 0 Å². The van der Waals surface area contributed by atoms with Gasteiger partial charge < -0.3 is 10.4 Å². The zero-order chi connectivity index (χ0) is 10.9. The van der Waals surface area contributed by atoms with Gasteiger partial charge in [-0.05, 0) is 26.2 Å². The van der Waals surface area contributed by atoms with E-state index >= 15 is 0 Å². The number of aromatic nitrogens is 2. The number of aliphatic hydroxyl groups is 1. The molecule has 1 heterocycles. The second kappa shape index (κ2) is 3.94. The Kier molecular flexibility index (Phi) is 2.80. The summed E-state index contributed by atoms with van der Waals surface area (Å²) in [5, 5.41) is 17.1. The van der Waals surface area contributed by atoms with Crippen LogP contribution in [-0.4, -0.2) is 27.0 Å². The molecule has 1 saturated carbocycles. The third kappa shape index (κ3) is 2.06. The molecular formula is C11H19N3O. The summed E-state index contributed by atoms with van der Waals surface area (Å²) in [7, 11) is 1.93. The average molecular weight is 209 g/mol. The summed E-state index contributed by atoms with van der Waals surface area (Å²) in [4.78, 5) is 0. The molecule has 15 heavy (non-hydrogen) atoms. The molecule has 0 radical (unpaired) electrons. The van der Waals surface area contributed by atoms with E-state index in [9.17, 15) is 5.11 Å². The van der Waals surface area contributed by atoms with Crippen LogP contribution in [0.2, 0.25) is 0 Å². The highest BCUT2D eigenvalue weighted by Crippen LogP contribution is 2.31. The van der Waals surface area contributed by atoms with Gasteiger partial charge in [0.1, 0.15) is 0 Å². The van der Waals surface area contributed by atoms with Crippen LogP contribution in [0.3, 0.4) is 0 Å². The summed E-state index contributed by atoms with van der Waals surface area (Å²) >= 11 is 0. The van der Waals surface area contributed by atoms with Gasteiger partial charge in [0.2, 0.25) is 0 Å². The van der Waals surface area contributed by atoms with Crippen molar-refractivity contribution < 1.29 is 5.11 Å². The molecule has 1 aromatic heterocycles. The molecule has 0 unspecified atom stereocenters. The number of nitrogens with zero attached hydrogens (tertiary/aromatic N) is 2. The SMILES string of the molecule is Cc1nn(C)cc1CNC1(CO)CCC1. The fraction of sp³-hybridized carbons (Fsp3) is 0.727. The minimum absolute atomic E-state index is 0.0116. The van der Waals surface area contributed by atoms with Crippen LogP contribution < -0.4 is 5.32 Å². The van der Waals surface area contributed by atoms with Gasteiger partial charge >= 0.3 is 0 Å². The highest BCUT2D eigenvalue weighted by atomic mass is 16.3. The summed E-state index contributed by atoms with van der Waals surface area (Å²) < 4.78 is 1.83. The van der Waals surface area contributed by atoms with Gasteiger partial charge in [-0.3, -0.25) is 4.68 Å². The molecule has 0 saturated heterocycles. The maximum atomic E-state index is 9.31. The van der Waals surface area contributed by atoms with Gasteiger partial charge in [-0.2, -0.15) is 5.10 Å². The highest BCUT2D eigenvalue weighted by Gasteiger charge is 2.35. The minimum atomic E-state index is -0.0116. The molecule has 2 N–H and O–H groups in total. The lowest BCUT2D eigenvalue weighted by atomic mass is 9.77. The van der Waals surface area contributed by atoms with Crippen molar-refractivity contribution in [3.05, 3.63) is 17.5 Å². The number of hydrogen-bond donors (Lipinski definition) is 2. The van der Waals surface area contributed by atoms with Crippen LogP contribution in [0.15, 0.2) is 6.20 Å².